The average molecular weight is 287 g/mol. The Labute approximate surface area is 121 Å². The largest absolute Gasteiger partial charge is 0.484 e. The number of hydrogen-bond acceptors (Lipinski definition) is 3. The lowest BCUT2D eigenvalue weighted by atomic mass is 10.0. The van der Waals surface area contributed by atoms with E-state index in [4.69, 9.17) is 10.5 Å². The Morgan fingerprint density at radius 3 is 2.79 bits per heavy atom. The molecule has 0 bridgehead atoms. The third-order valence-corrected chi connectivity index (χ3v) is 2.60. The highest BCUT2D eigenvalue weighted by Crippen LogP contribution is 2.19. The van der Waals surface area contributed by atoms with Crippen molar-refractivity contribution in [1.29, 1.82) is 0 Å². The van der Waals surface area contributed by atoms with E-state index in [1.807, 2.05) is 18.2 Å². The van der Waals surface area contributed by atoms with E-state index in [-0.39, 0.29) is 24.9 Å². The molecule has 108 valence electrons. The van der Waals surface area contributed by atoms with Crippen molar-refractivity contribution in [2.45, 2.75) is 26.2 Å². The number of hydrogen-bond donors (Lipinski definition) is 2. The molecule has 19 heavy (non-hydrogen) atoms. The number of carbonyl (C=O) groups excluding carboxylic acids is 1. The van der Waals surface area contributed by atoms with E-state index in [0.29, 0.717) is 19.0 Å². The molecule has 0 saturated carbocycles. The number of nitrogens with one attached hydrogen (secondary N) is 1. The quantitative estimate of drug-likeness (QED) is 0.754. The molecule has 0 unspecified atom stereocenters. The molecule has 0 saturated heterocycles. The Balaban J connectivity index is 0.00000324. The topological polar surface area (TPSA) is 64.3 Å². The van der Waals surface area contributed by atoms with Crippen molar-refractivity contribution in [3.63, 3.8) is 0 Å². The van der Waals surface area contributed by atoms with Gasteiger partial charge in [-0.15, -0.1) is 12.4 Å². The second-order valence-corrected chi connectivity index (χ2v) is 4.51. The first-order valence-corrected chi connectivity index (χ1v) is 6.33. The van der Waals surface area contributed by atoms with Crippen LogP contribution in [-0.2, 0) is 4.79 Å². The van der Waals surface area contributed by atoms with Crippen LogP contribution in [0.4, 0.5) is 0 Å². The van der Waals surface area contributed by atoms with Crippen LogP contribution in [0, 0.1) is 0 Å². The molecule has 1 aromatic carbocycles. The molecule has 0 heterocycles. The number of ether oxygens (including phenoxy) is 1. The molecule has 0 spiro atoms. The number of carbonyl (C=O) groups is 1. The molecule has 0 aliphatic heterocycles. The number of benzene rings is 1. The summed E-state index contributed by atoms with van der Waals surface area (Å²) in [7, 11) is 0. The molecule has 0 fully saturated rings. The van der Waals surface area contributed by atoms with E-state index < -0.39 is 0 Å². The van der Waals surface area contributed by atoms with Gasteiger partial charge in [0.15, 0.2) is 6.61 Å². The first-order valence-electron chi connectivity index (χ1n) is 6.33. The van der Waals surface area contributed by atoms with Crippen LogP contribution >= 0.6 is 12.4 Å². The Morgan fingerprint density at radius 2 is 2.16 bits per heavy atom. The average Bonchev–Trinajstić information content (AvgIpc) is 2.37. The van der Waals surface area contributed by atoms with Crippen molar-refractivity contribution in [2.75, 3.05) is 19.7 Å². The maximum Gasteiger partial charge on any atom is 0.257 e. The minimum absolute atomic E-state index is 0. The lowest BCUT2D eigenvalue weighted by Crippen LogP contribution is -2.30. The summed E-state index contributed by atoms with van der Waals surface area (Å²) in [4.78, 5) is 11.4. The van der Waals surface area contributed by atoms with Gasteiger partial charge in [-0.1, -0.05) is 26.0 Å². The highest BCUT2D eigenvalue weighted by molar-refractivity contribution is 5.85. The number of amides is 1. The van der Waals surface area contributed by atoms with Gasteiger partial charge in [0.25, 0.3) is 5.91 Å². The van der Waals surface area contributed by atoms with Crippen molar-refractivity contribution in [3.05, 3.63) is 29.8 Å². The predicted octanol–water partition coefficient (Wildman–Crippen LogP) is 2.08. The first-order chi connectivity index (χ1) is 8.63. The van der Waals surface area contributed by atoms with Crippen molar-refractivity contribution in [2.24, 2.45) is 5.73 Å². The number of halogens is 1. The van der Waals surface area contributed by atoms with E-state index in [0.717, 1.165) is 12.2 Å². The maximum atomic E-state index is 11.4. The molecular formula is C14H23ClN2O2. The van der Waals surface area contributed by atoms with Crippen molar-refractivity contribution < 1.29 is 9.53 Å². The molecule has 0 atom stereocenters. The third kappa shape index (κ3) is 7.03. The summed E-state index contributed by atoms with van der Waals surface area (Å²) in [5.74, 6) is 1.07. The standard InChI is InChI=1S/C14H22N2O2.ClH/c1-11(2)12-5-3-6-13(9-12)18-10-14(17)16-8-4-7-15;/h3,5-6,9,11H,4,7-8,10,15H2,1-2H3,(H,16,17);1H. The van der Waals surface area contributed by atoms with Gasteiger partial charge in [-0.3, -0.25) is 4.79 Å². The smallest absolute Gasteiger partial charge is 0.257 e. The minimum Gasteiger partial charge on any atom is -0.484 e. The summed E-state index contributed by atoms with van der Waals surface area (Å²) in [6.07, 6.45) is 0.786. The van der Waals surface area contributed by atoms with Gasteiger partial charge in [0.1, 0.15) is 5.75 Å². The van der Waals surface area contributed by atoms with Crippen LogP contribution in [0.15, 0.2) is 24.3 Å². The van der Waals surface area contributed by atoms with Gasteiger partial charge in [0.2, 0.25) is 0 Å². The normalized spacial score (nSPS) is 9.89. The zero-order valence-corrected chi connectivity index (χ0v) is 12.3. The van der Waals surface area contributed by atoms with Gasteiger partial charge in [-0.2, -0.15) is 0 Å². The van der Waals surface area contributed by atoms with E-state index in [1.165, 1.54) is 5.56 Å². The summed E-state index contributed by atoms with van der Waals surface area (Å²) < 4.78 is 5.45. The molecule has 1 aromatic rings. The predicted molar refractivity (Wildman–Crippen MR) is 80.0 cm³/mol. The molecule has 3 N–H and O–H groups in total. The summed E-state index contributed by atoms with van der Waals surface area (Å²) in [6.45, 7) is 5.48. The highest BCUT2D eigenvalue weighted by atomic mass is 35.5. The Bertz CT molecular complexity index is 383. The molecule has 0 aliphatic rings. The zero-order chi connectivity index (χ0) is 13.4. The second-order valence-electron chi connectivity index (χ2n) is 4.51. The van der Waals surface area contributed by atoms with Gasteiger partial charge in [-0.25, -0.2) is 0 Å². The van der Waals surface area contributed by atoms with E-state index >= 15 is 0 Å². The molecule has 0 aromatic heterocycles. The molecule has 4 nitrogen and oxygen atoms in total. The second kappa shape index (κ2) is 9.64. The fraction of sp³-hybridized carbons (Fsp3) is 0.500. The molecule has 1 rings (SSSR count). The first kappa shape index (κ1) is 17.7. The van der Waals surface area contributed by atoms with Gasteiger partial charge < -0.3 is 15.8 Å². The van der Waals surface area contributed by atoms with Crippen LogP contribution in [-0.4, -0.2) is 25.6 Å². The van der Waals surface area contributed by atoms with Crippen molar-refractivity contribution >= 4 is 18.3 Å². The van der Waals surface area contributed by atoms with Crippen LogP contribution in [0.5, 0.6) is 5.75 Å². The fourth-order valence-electron chi connectivity index (χ4n) is 1.49. The van der Waals surface area contributed by atoms with Crippen LogP contribution < -0.4 is 15.8 Å². The summed E-state index contributed by atoms with van der Waals surface area (Å²) >= 11 is 0. The maximum absolute atomic E-state index is 11.4. The van der Waals surface area contributed by atoms with E-state index in [2.05, 4.69) is 25.2 Å². The molecule has 1 amide bonds. The van der Waals surface area contributed by atoms with E-state index in [1.54, 1.807) is 0 Å². The molecule has 5 heteroatoms. The fourth-order valence-corrected chi connectivity index (χ4v) is 1.49. The van der Waals surface area contributed by atoms with Crippen LogP contribution in [0.2, 0.25) is 0 Å². The Morgan fingerprint density at radius 1 is 1.42 bits per heavy atom. The molecule has 0 aliphatic carbocycles. The summed E-state index contributed by atoms with van der Waals surface area (Å²) in [5.41, 5.74) is 6.55. The molecular weight excluding hydrogens is 264 g/mol. The van der Waals surface area contributed by atoms with Crippen LogP contribution in [0.25, 0.3) is 0 Å². The lowest BCUT2D eigenvalue weighted by Gasteiger charge is -2.10. The van der Waals surface area contributed by atoms with Gasteiger partial charge in [-0.05, 0) is 36.6 Å². The van der Waals surface area contributed by atoms with Crippen molar-refractivity contribution in [1.82, 2.24) is 5.32 Å². The van der Waals surface area contributed by atoms with Crippen molar-refractivity contribution in [3.8, 4) is 5.75 Å². The number of nitrogens with two attached hydrogens (primary N) is 1. The van der Waals surface area contributed by atoms with Crippen LogP contribution in [0.3, 0.4) is 0 Å². The highest BCUT2D eigenvalue weighted by Gasteiger charge is 2.04. The Hall–Kier alpha value is -1.26. The monoisotopic (exact) mass is 286 g/mol. The summed E-state index contributed by atoms with van der Waals surface area (Å²) in [6, 6.07) is 7.83. The summed E-state index contributed by atoms with van der Waals surface area (Å²) in [5, 5.41) is 2.75. The SMILES string of the molecule is CC(C)c1cccc(OCC(=O)NCCCN)c1.Cl. The van der Waals surface area contributed by atoms with E-state index in [9.17, 15) is 4.79 Å². The third-order valence-electron chi connectivity index (χ3n) is 2.60. The number of rotatable bonds is 7. The van der Waals surface area contributed by atoms with Gasteiger partial charge in [0.05, 0.1) is 0 Å². The minimum atomic E-state index is -0.113. The van der Waals surface area contributed by atoms with Crippen LogP contribution in [0.1, 0.15) is 31.7 Å². The van der Waals surface area contributed by atoms with Gasteiger partial charge >= 0.3 is 0 Å². The van der Waals surface area contributed by atoms with Gasteiger partial charge in [0, 0.05) is 6.54 Å². The lowest BCUT2D eigenvalue weighted by molar-refractivity contribution is -0.123. The molecule has 0 radical (unpaired) electrons. The zero-order valence-electron chi connectivity index (χ0n) is 11.5. The Kier molecular flexibility index (Phi) is 9.00.